The second-order valence-corrected chi connectivity index (χ2v) is 10.5. The molecule has 3 aliphatic rings. The van der Waals surface area contributed by atoms with Crippen LogP contribution in [0.25, 0.3) is 0 Å². The molecule has 0 fully saturated rings. The second kappa shape index (κ2) is 8.78. The minimum Gasteiger partial charge on any atom is -0.192 e. The van der Waals surface area contributed by atoms with Gasteiger partial charge in [-0.15, -0.1) is 0 Å². The molecule has 3 aliphatic carbocycles. The van der Waals surface area contributed by atoms with Gasteiger partial charge in [0, 0.05) is 0 Å². The number of nitrogens with zero attached hydrogens (tertiary/aromatic N) is 5. The van der Waals surface area contributed by atoms with E-state index < -0.39 is 10.8 Å². The quantitative estimate of drug-likeness (QED) is 0.254. The first-order chi connectivity index (χ1) is 20.6. The average molecular weight is 532 g/mol. The summed E-state index contributed by atoms with van der Waals surface area (Å²) in [6, 6.07) is 43.4. The highest BCUT2D eigenvalue weighted by atomic mass is 14.6. The summed E-state index contributed by atoms with van der Waals surface area (Å²) in [4.78, 5) is 0. The molecule has 2 bridgehead atoms. The van der Waals surface area contributed by atoms with Crippen molar-refractivity contribution in [3.05, 3.63) is 175 Å². The third kappa shape index (κ3) is 2.91. The van der Waals surface area contributed by atoms with Gasteiger partial charge in [0.05, 0.1) is 69.0 Å². The first-order valence-corrected chi connectivity index (χ1v) is 13.2. The van der Waals surface area contributed by atoms with Crippen LogP contribution in [0.1, 0.15) is 72.3 Å². The molecule has 0 aromatic heterocycles. The Kier molecular flexibility index (Phi) is 5.14. The van der Waals surface area contributed by atoms with Crippen LogP contribution < -0.4 is 0 Å². The monoisotopic (exact) mass is 531 g/mol. The van der Waals surface area contributed by atoms with E-state index in [1.807, 2.05) is 72.8 Å². The van der Waals surface area contributed by atoms with E-state index in [1.54, 1.807) is 30.3 Å². The Labute approximate surface area is 242 Å². The maximum Gasteiger partial charge on any atom is 0.0991 e. The number of hydrogen-bond donors (Lipinski definition) is 0. The molecule has 5 aromatic rings. The number of benzene rings is 5. The van der Waals surface area contributed by atoms with Gasteiger partial charge in [-0.1, -0.05) is 42.5 Å². The molecule has 5 aromatic carbocycles. The van der Waals surface area contributed by atoms with Gasteiger partial charge in [0.25, 0.3) is 0 Å². The zero-order chi connectivity index (χ0) is 29.1. The number of hydrogen-bond acceptors (Lipinski definition) is 5. The SMILES string of the molecule is N#Cc1ccc(C23c4ccc(C#N)cc4C(c4ccc(C#N)cc4)(c4ccc(C#N)cc42)c2cc(C#N)ccc23)cc1. The molecule has 0 spiro atoms. The Morgan fingerprint density at radius 1 is 0.310 bits per heavy atom. The summed E-state index contributed by atoms with van der Waals surface area (Å²) in [6.45, 7) is 0. The minimum absolute atomic E-state index is 0.498. The smallest absolute Gasteiger partial charge is 0.0991 e. The van der Waals surface area contributed by atoms with Crippen LogP contribution in [0.4, 0.5) is 0 Å². The van der Waals surface area contributed by atoms with Crippen molar-refractivity contribution in [2.75, 3.05) is 0 Å². The summed E-state index contributed by atoms with van der Waals surface area (Å²) in [7, 11) is 0. The topological polar surface area (TPSA) is 119 Å². The van der Waals surface area contributed by atoms with Crippen molar-refractivity contribution < 1.29 is 0 Å². The van der Waals surface area contributed by atoms with Gasteiger partial charge in [-0.25, -0.2) is 0 Å². The van der Waals surface area contributed by atoms with Crippen molar-refractivity contribution in [2.24, 2.45) is 0 Å². The molecule has 5 heteroatoms. The lowest BCUT2D eigenvalue weighted by Gasteiger charge is -2.57. The van der Waals surface area contributed by atoms with Crippen LogP contribution in [0, 0.1) is 56.7 Å². The van der Waals surface area contributed by atoms with E-state index in [4.69, 9.17) is 0 Å². The molecule has 8 rings (SSSR count). The van der Waals surface area contributed by atoms with Crippen LogP contribution in [0.5, 0.6) is 0 Å². The molecule has 0 saturated heterocycles. The van der Waals surface area contributed by atoms with Gasteiger partial charge in [-0.2, -0.15) is 26.3 Å². The first kappa shape index (κ1) is 24.6. The van der Waals surface area contributed by atoms with Gasteiger partial charge in [-0.05, 0) is 105 Å². The van der Waals surface area contributed by atoms with E-state index in [9.17, 15) is 26.3 Å². The Bertz CT molecular complexity index is 2120. The fourth-order valence-electron chi connectivity index (χ4n) is 7.15. The summed E-state index contributed by atoms with van der Waals surface area (Å²) in [5, 5.41) is 49.2. The van der Waals surface area contributed by atoms with E-state index >= 15 is 0 Å². The van der Waals surface area contributed by atoms with E-state index in [2.05, 4.69) is 30.3 Å². The number of nitriles is 5. The molecular weight excluding hydrogens is 514 g/mol. The Balaban J connectivity index is 1.76. The summed E-state index contributed by atoms with van der Waals surface area (Å²) >= 11 is 0. The Hall–Kier alpha value is -6.45. The molecule has 0 unspecified atom stereocenters. The maximum atomic E-state index is 10.0. The first-order valence-electron chi connectivity index (χ1n) is 13.2. The molecule has 0 amide bonds. The van der Waals surface area contributed by atoms with Gasteiger partial charge < -0.3 is 0 Å². The fraction of sp³-hybridized carbons (Fsp3) is 0.0541. The lowest BCUT2D eigenvalue weighted by atomic mass is 9.44. The van der Waals surface area contributed by atoms with Gasteiger partial charge in [0.15, 0.2) is 0 Å². The Morgan fingerprint density at radius 3 is 0.857 bits per heavy atom. The van der Waals surface area contributed by atoms with Crippen molar-refractivity contribution in [3.63, 3.8) is 0 Å². The highest BCUT2D eigenvalue weighted by Crippen LogP contribution is 2.66. The van der Waals surface area contributed by atoms with Crippen molar-refractivity contribution >= 4 is 0 Å². The van der Waals surface area contributed by atoms with Crippen LogP contribution in [-0.2, 0) is 10.8 Å². The lowest BCUT2D eigenvalue weighted by molar-refractivity contribution is 0.556. The molecule has 190 valence electrons. The van der Waals surface area contributed by atoms with E-state index in [-0.39, 0.29) is 0 Å². The summed E-state index contributed by atoms with van der Waals surface area (Å²) in [6.07, 6.45) is 0. The number of rotatable bonds is 2. The maximum absolute atomic E-state index is 10.0. The summed E-state index contributed by atoms with van der Waals surface area (Å²) < 4.78 is 0. The normalized spacial score (nSPS) is 18.5. The van der Waals surface area contributed by atoms with Crippen molar-refractivity contribution in [1.82, 2.24) is 0 Å². The van der Waals surface area contributed by atoms with E-state index in [1.165, 1.54) is 0 Å². The summed E-state index contributed by atoms with van der Waals surface area (Å²) in [5.74, 6) is 0. The molecule has 0 N–H and O–H groups in total. The predicted octanol–water partition coefficient (Wildman–Crippen LogP) is 6.44. The third-order valence-electron chi connectivity index (χ3n) is 8.76. The summed E-state index contributed by atoms with van der Waals surface area (Å²) in [5.41, 5.74) is 8.07. The van der Waals surface area contributed by atoms with Crippen molar-refractivity contribution in [3.8, 4) is 30.3 Å². The highest BCUT2D eigenvalue weighted by molar-refractivity contribution is 5.83. The minimum atomic E-state index is -0.934. The molecule has 0 heterocycles. The average Bonchev–Trinajstić information content (AvgIpc) is 3.07. The zero-order valence-corrected chi connectivity index (χ0v) is 22.1. The molecule has 0 radical (unpaired) electrons. The van der Waals surface area contributed by atoms with E-state index in [0.29, 0.717) is 27.8 Å². The van der Waals surface area contributed by atoms with Crippen LogP contribution in [-0.4, -0.2) is 0 Å². The molecule has 0 atom stereocenters. The van der Waals surface area contributed by atoms with Crippen LogP contribution >= 0.6 is 0 Å². The van der Waals surface area contributed by atoms with Crippen LogP contribution in [0.3, 0.4) is 0 Å². The lowest BCUT2D eigenvalue weighted by Crippen LogP contribution is -2.52. The van der Waals surface area contributed by atoms with Gasteiger partial charge >= 0.3 is 0 Å². The van der Waals surface area contributed by atoms with Crippen LogP contribution in [0.2, 0.25) is 0 Å². The van der Waals surface area contributed by atoms with E-state index in [0.717, 1.165) is 44.5 Å². The molecule has 5 nitrogen and oxygen atoms in total. The second-order valence-electron chi connectivity index (χ2n) is 10.5. The molecule has 42 heavy (non-hydrogen) atoms. The van der Waals surface area contributed by atoms with Gasteiger partial charge in [-0.3, -0.25) is 0 Å². The molecular formula is C37H17N5. The molecule has 0 aliphatic heterocycles. The van der Waals surface area contributed by atoms with Crippen LogP contribution in [0.15, 0.2) is 103 Å². The standard InChI is InChI=1S/C37H17N5/c38-18-23-1-8-28(9-2-23)36-30-12-5-26(21-41)16-34(30)37(29-10-3-24(19-39)4-11-29,32-14-7-25(20-40)15-33(32)36)35-17-27(22-42)6-13-31(35)36/h1-17H. The third-order valence-corrected chi connectivity index (χ3v) is 8.76. The largest absolute Gasteiger partial charge is 0.192 e. The predicted molar refractivity (Wildman–Crippen MR) is 154 cm³/mol. The van der Waals surface area contributed by atoms with Gasteiger partial charge in [0.1, 0.15) is 0 Å². The molecule has 0 saturated carbocycles. The Morgan fingerprint density at radius 2 is 0.571 bits per heavy atom. The highest BCUT2D eigenvalue weighted by Gasteiger charge is 2.60. The fourth-order valence-corrected chi connectivity index (χ4v) is 7.15. The zero-order valence-electron chi connectivity index (χ0n) is 22.1. The van der Waals surface area contributed by atoms with Crippen molar-refractivity contribution in [1.29, 1.82) is 26.3 Å². The van der Waals surface area contributed by atoms with Gasteiger partial charge in [0.2, 0.25) is 0 Å². The van der Waals surface area contributed by atoms with Crippen molar-refractivity contribution in [2.45, 2.75) is 10.8 Å².